The van der Waals surface area contributed by atoms with Crippen LogP contribution in [0, 0.1) is 0 Å². The lowest BCUT2D eigenvalue weighted by atomic mass is 10.1. The molecular formula is C13H20N2O9P-. The Hall–Kier alpha value is -1.33. The summed E-state index contributed by atoms with van der Waals surface area (Å²) in [4.78, 5) is 37.3. The summed E-state index contributed by atoms with van der Waals surface area (Å²) >= 11 is 0. The van der Waals surface area contributed by atoms with Gasteiger partial charge in [0, 0.05) is 19.4 Å². The molecule has 142 valence electrons. The standard InChI is InChI=1S/C13H21N2O9P/c1-7(2)23-25(19,20)24-10-8(6-16)22-12(11(10)21-3)15-5-4-9(17)14-13(15)18/h4-5,7-8,10-12,16H,6H2,1-3H3,(H,19,20)(H,14,17,18)/p-1/t8-,10?,11+,12-/m1/s1/i6D2. The maximum atomic E-state index is 12.0. The van der Waals surface area contributed by atoms with Crippen molar-refractivity contribution in [2.75, 3.05) is 13.7 Å². The number of nitrogens with one attached hydrogen (secondary N) is 1. The first-order valence-corrected chi connectivity index (χ1v) is 8.71. The Morgan fingerprint density at radius 1 is 1.52 bits per heavy atom. The van der Waals surface area contributed by atoms with E-state index in [0.29, 0.717) is 0 Å². The average Bonchev–Trinajstić information content (AvgIpc) is 2.83. The largest absolute Gasteiger partial charge is 0.756 e. The second kappa shape index (κ2) is 7.92. The predicted octanol–water partition coefficient (Wildman–Crippen LogP) is -1.28. The second-order valence-electron chi connectivity index (χ2n) is 5.47. The van der Waals surface area contributed by atoms with Gasteiger partial charge in [0.25, 0.3) is 13.4 Å². The van der Waals surface area contributed by atoms with Crippen molar-refractivity contribution < 1.29 is 35.8 Å². The number of nitrogens with zero attached hydrogens (tertiary/aromatic N) is 1. The van der Waals surface area contributed by atoms with Crippen LogP contribution >= 0.6 is 7.82 Å². The fourth-order valence-electron chi connectivity index (χ4n) is 2.39. The van der Waals surface area contributed by atoms with Crippen molar-refractivity contribution in [2.45, 2.75) is 44.5 Å². The minimum atomic E-state index is -4.93. The molecule has 25 heavy (non-hydrogen) atoms. The summed E-state index contributed by atoms with van der Waals surface area (Å²) in [6.45, 7) is -0.156. The lowest BCUT2D eigenvalue weighted by Gasteiger charge is -2.31. The first kappa shape index (κ1) is 17.1. The number of aromatic amines is 1. The molecule has 1 aromatic heterocycles. The smallest absolute Gasteiger partial charge is 0.330 e. The van der Waals surface area contributed by atoms with E-state index < -0.39 is 56.3 Å². The zero-order chi connectivity index (χ0) is 20.6. The predicted molar refractivity (Wildman–Crippen MR) is 81.8 cm³/mol. The molecule has 0 spiro atoms. The van der Waals surface area contributed by atoms with Crippen LogP contribution in [0.1, 0.15) is 22.8 Å². The maximum Gasteiger partial charge on any atom is 0.330 e. The Bertz CT molecular complexity index is 821. The molecule has 2 N–H and O–H groups in total. The lowest BCUT2D eigenvalue weighted by molar-refractivity contribution is -0.236. The van der Waals surface area contributed by atoms with Gasteiger partial charge in [0.1, 0.15) is 18.3 Å². The van der Waals surface area contributed by atoms with Crippen molar-refractivity contribution in [2.24, 2.45) is 0 Å². The highest BCUT2D eigenvalue weighted by Gasteiger charge is 2.48. The minimum absolute atomic E-state index is 0.681. The van der Waals surface area contributed by atoms with E-state index in [-0.39, 0.29) is 0 Å². The van der Waals surface area contributed by atoms with Gasteiger partial charge in [0.2, 0.25) is 0 Å². The molecule has 2 unspecified atom stereocenters. The van der Waals surface area contributed by atoms with Gasteiger partial charge in [0.15, 0.2) is 6.23 Å². The third kappa shape index (κ3) is 4.64. The van der Waals surface area contributed by atoms with Crippen LogP contribution < -0.4 is 16.1 Å². The molecular weight excluding hydrogens is 359 g/mol. The van der Waals surface area contributed by atoms with Gasteiger partial charge in [-0.3, -0.25) is 18.9 Å². The van der Waals surface area contributed by atoms with Crippen LogP contribution in [-0.4, -0.2) is 52.7 Å². The van der Waals surface area contributed by atoms with Crippen LogP contribution in [0.5, 0.6) is 0 Å². The summed E-state index contributed by atoms with van der Waals surface area (Å²) in [5.41, 5.74) is -1.59. The lowest BCUT2D eigenvalue weighted by Crippen LogP contribution is -2.40. The van der Waals surface area contributed by atoms with Crippen LogP contribution in [-0.2, 0) is 23.1 Å². The average molecular weight is 381 g/mol. The van der Waals surface area contributed by atoms with E-state index >= 15 is 0 Å². The summed E-state index contributed by atoms with van der Waals surface area (Å²) in [6.07, 6.45) is -5.94. The van der Waals surface area contributed by atoms with Gasteiger partial charge in [-0.2, -0.15) is 0 Å². The number of hydrogen-bond acceptors (Lipinski definition) is 9. The zero-order valence-electron chi connectivity index (χ0n) is 15.6. The van der Waals surface area contributed by atoms with Crippen LogP contribution in [0.3, 0.4) is 0 Å². The summed E-state index contributed by atoms with van der Waals surface area (Å²) in [6, 6.07) is 1.01. The fourth-order valence-corrected chi connectivity index (χ4v) is 3.49. The molecule has 1 aromatic rings. The number of methoxy groups -OCH3 is 1. The SMILES string of the molecule is [2H]C([2H])(O)[C@H]1O[C@@H](n2ccc(=O)[nH]c2=O)[C@@H](OC)C1OP(=O)([O-])OC(C)C. The first-order valence-electron chi connectivity index (χ1n) is 8.25. The second-order valence-corrected chi connectivity index (χ2v) is 6.78. The fraction of sp³-hybridized carbons (Fsp3) is 0.692. The van der Waals surface area contributed by atoms with Gasteiger partial charge in [-0.1, -0.05) is 0 Å². The van der Waals surface area contributed by atoms with E-state index in [0.717, 1.165) is 23.9 Å². The molecule has 11 nitrogen and oxygen atoms in total. The number of hydrogen-bond donors (Lipinski definition) is 2. The Labute approximate surface area is 145 Å². The van der Waals surface area contributed by atoms with Gasteiger partial charge < -0.3 is 28.5 Å². The summed E-state index contributed by atoms with van der Waals surface area (Å²) in [5.74, 6) is 0. The molecule has 1 aliphatic rings. The van der Waals surface area contributed by atoms with Crippen molar-refractivity contribution in [3.8, 4) is 0 Å². The molecule has 0 aliphatic carbocycles. The van der Waals surface area contributed by atoms with Crippen LogP contribution in [0.25, 0.3) is 0 Å². The number of rotatable bonds is 7. The normalized spacial score (nSPS) is 30.8. The molecule has 12 heteroatoms. The van der Waals surface area contributed by atoms with Gasteiger partial charge in [-0.15, -0.1) is 0 Å². The quantitative estimate of drug-likeness (QED) is 0.550. The molecule has 0 bridgehead atoms. The van der Waals surface area contributed by atoms with E-state index in [9.17, 15) is 24.2 Å². The highest BCUT2D eigenvalue weighted by molar-refractivity contribution is 7.45. The highest BCUT2D eigenvalue weighted by Crippen LogP contribution is 2.46. The van der Waals surface area contributed by atoms with Crippen LogP contribution in [0.15, 0.2) is 21.9 Å². The number of H-pyrrole nitrogens is 1. The highest BCUT2D eigenvalue weighted by atomic mass is 31.2. The molecule has 0 saturated carbocycles. The number of ether oxygens (including phenoxy) is 2. The van der Waals surface area contributed by atoms with E-state index in [1.165, 1.54) is 13.8 Å². The summed E-state index contributed by atoms with van der Waals surface area (Å²) in [7, 11) is -3.77. The van der Waals surface area contributed by atoms with Crippen molar-refractivity contribution in [1.82, 2.24) is 9.55 Å². The number of phosphoric ester groups is 1. The first-order chi connectivity index (χ1) is 12.4. The van der Waals surface area contributed by atoms with Gasteiger partial charge in [0.05, 0.1) is 15.4 Å². The number of phosphoric acid groups is 1. The van der Waals surface area contributed by atoms with Crippen molar-refractivity contribution in [3.63, 3.8) is 0 Å². The number of aliphatic hydroxyl groups is 1. The van der Waals surface area contributed by atoms with E-state index in [4.69, 9.17) is 16.7 Å². The maximum absolute atomic E-state index is 12.0. The Balaban J connectivity index is 2.44. The topological polar surface area (TPSA) is 152 Å². The summed E-state index contributed by atoms with van der Waals surface area (Å²) < 4.78 is 48.0. The zero-order valence-corrected chi connectivity index (χ0v) is 14.5. The molecule has 1 saturated heterocycles. The van der Waals surface area contributed by atoms with E-state index in [1.54, 1.807) is 0 Å². The van der Waals surface area contributed by atoms with Crippen molar-refractivity contribution in [1.29, 1.82) is 0 Å². The molecule has 0 radical (unpaired) electrons. The third-order valence-corrected chi connectivity index (χ3v) is 4.49. The van der Waals surface area contributed by atoms with E-state index in [2.05, 4.69) is 4.52 Å². The van der Waals surface area contributed by atoms with E-state index in [1.807, 2.05) is 4.98 Å². The van der Waals surface area contributed by atoms with Crippen molar-refractivity contribution in [3.05, 3.63) is 33.1 Å². The summed E-state index contributed by atoms with van der Waals surface area (Å²) in [5, 5.41) is 9.75. The van der Waals surface area contributed by atoms with Crippen LogP contribution in [0.4, 0.5) is 0 Å². The Morgan fingerprint density at radius 3 is 2.72 bits per heavy atom. The van der Waals surface area contributed by atoms with Gasteiger partial charge >= 0.3 is 5.69 Å². The molecule has 5 atom stereocenters. The monoisotopic (exact) mass is 381 g/mol. The van der Waals surface area contributed by atoms with Crippen molar-refractivity contribution >= 4 is 7.82 Å². The molecule has 1 aliphatic heterocycles. The Kier molecular flexibility index (Phi) is 5.42. The van der Waals surface area contributed by atoms with Gasteiger partial charge in [-0.05, 0) is 13.8 Å². The minimum Gasteiger partial charge on any atom is -0.756 e. The third-order valence-electron chi connectivity index (χ3n) is 3.30. The molecule has 0 amide bonds. The molecule has 2 heterocycles. The molecule has 0 aromatic carbocycles. The van der Waals surface area contributed by atoms with Gasteiger partial charge in [-0.25, -0.2) is 4.79 Å². The Morgan fingerprint density at radius 2 is 2.20 bits per heavy atom. The van der Waals surface area contributed by atoms with Crippen LogP contribution in [0.2, 0.25) is 0 Å². The molecule has 1 fully saturated rings. The molecule has 2 rings (SSSR count). The number of aromatic nitrogens is 2.